The predicted molar refractivity (Wildman–Crippen MR) is 107 cm³/mol. The number of fused-ring (bicyclic) bond motifs is 1. The van der Waals surface area contributed by atoms with Crippen molar-refractivity contribution in [3.63, 3.8) is 0 Å². The van der Waals surface area contributed by atoms with Crippen LogP contribution in [0.25, 0.3) is 0 Å². The van der Waals surface area contributed by atoms with Crippen molar-refractivity contribution in [1.29, 1.82) is 0 Å². The number of nitrogens with one attached hydrogen (secondary N) is 1. The fraction of sp³-hybridized carbons (Fsp3) is 0.409. The molecule has 2 amide bonds. The highest BCUT2D eigenvalue weighted by Crippen LogP contribution is 2.49. The summed E-state index contributed by atoms with van der Waals surface area (Å²) in [5.41, 5.74) is -2.44. The number of hydrogen-bond donors (Lipinski definition) is 3. The molecule has 3 aliphatic heterocycles. The number of aromatic nitrogens is 1. The van der Waals surface area contributed by atoms with Crippen LogP contribution in [0.4, 0.5) is 8.78 Å². The van der Waals surface area contributed by atoms with E-state index in [-0.39, 0.29) is 29.9 Å². The van der Waals surface area contributed by atoms with Crippen molar-refractivity contribution < 1.29 is 28.6 Å². The Bertz CT molecular complexity index is 1230. The number of amides is 2. The van der Waals surface area contributed by atoms with Crippen LogP contribution in [-0.4, -0.2) is 44.6 Å². The van der Waals surface area contributed by atoms with Crippen LogP contribution in [0.3, 0.4) is 0 Å². The summed E-state index contributed by atoms with van der Waals surface area (Å²) in [4.78, 5) is 40.5. The zero-order valence-electron chi connectivity index (χ0n) is 17.0. The molecule has 8 nitrogen and oxygen atoms in total. The maximum absolute atomic E-state index is 13.9. The molecule has 168 valence electrons. The monoisotopic (exact) mass is 445 g/mol. The average Bonchev–Trinajstić information content (AvgIpc) is 2.90. The zero-order chi connectivity index (χ0) is 22.8. The number of aromatic hydroxyl groups is 1. The summed E-state index contributed by atoms with van der Waals surface area (Å²) in [5.74, 6) is -3.88. The third kappa shape index (κ3) is 2.85. The number of halogens is 2. The normalized spacial score (nSPS) is 23.7. The molecule has 10 heteroatoms. The molecule has 0 radical (unpaired) electrons. The molecular weight excluding hydrogens is 424 g/mol. The van der Waals surface area contributed by atoms with E-state index in [1.807, 2.05) is 0 Å². The second-order valence-corrected chi connectivity index (χ2v) is 8.67. The second kappa shape index (κ2) is 7.13. The fourth-order valence-corrected chi connectivity index (χ4v) is 5.32. The number of benzene rings is 1. The highest BCUT2D eigenvalue weighted by atomic mass is 19.1. The molecule has 1 fully saturated rings. The van der Waals surface area contributed by atoms with Gasteiger partial charge in [-0.05, 0) is 25.3 Å². The van der Waals surface area contributed by atoms with Gasteiger partial charge >= 0.3 is 0 Å². The minimum atomic E-state index is -1.18. The van der Waals surface area contributed by atoms with Crippen LogP contribution in [-0.2, 0) is 12.1 Å². The summed E-state index contributed by atoms with van der Waals surface area (Å²) in [6.45, 7) is 0.485. The van der Waals surface area contributed by atoms with Crippen LogP contribution in [0, 0.1) is 11.6 Å². The first-order chi connectivity index (χ1) is 15.2. The second-order valence-electron chi connectivity index (χ2n) is 8.67. The number of aliphatic hydroxyl groups is 1. The van der Waals surface area contributed by atoms with Crippen LogP contribution in [0.1, 0.15) is 63.9 Å². The topological polar surface area (TPSA) is 112 Å². The van der Waals surface area contributed by atoms with Gasteiger partial charge < -0.3 is 25.0 Å². The minimum absolute atomic E-state index is 0.00469. The number of carbonyl (C=O) groups is 2. The van der Waals surface area contributed by atoms with E-state index in [1.54, 1.807) is 4.90 Å². The van der Waals surface area contributed by atoms with Crippen molar-refractivity contribution in [2.45, 2.75) is 43.9 Å². The SMILES string of the molecule is O=C(NCc1ccc(F)cc1F)c1c2n3c(c(O)c1=O)C(=O)N1CCCC[C@@]3(CC2O)C1. The van der Waals surface area contributed by atoms with Gasteiger partial charge in [0.1, 0.15) is 17.2 Å². The van der Waals surface area contributed by atoms with E-state index in [1.165, 1.54) is 10.6 Å². The Morgan fingerprint density at radius 3 is 2.78 bits per heavy atom. The number of pyridine rings is 1. The number of carbonyl (C=O) groups excluding carboxylic acids is 2. The lowest BCUT2D eigenvalue weighted by atomic mass is 9.88. The summed E-state index contributed by atoms with van der Waals surface area (Å²) in [7, 11) is 0. The Hall–Kier alpha value is -3.27. The number of rotatable bonds is 3. The van der Waals surface area contributed by atoms with Gasteiger partial charge in [0.25, 0.3) is 11.8 Å². The van der Waals surface area contributed by atoms with Crippen molar-refractivity contribution in [2.24, 2.45) is 0 Å². The van der Waals surface area contributed by atoms with Crippen LogP contribution >= 0.6 is 0 Å². The first kappa shape index (κ1) is 20.6. The smallest absolute Gasteiger partial charge is 0.274 e. The van der Waals surface area contributed by atoms with E-state index >= 15 is 0 Å². The van der Waals surface area contributed by atoms with Gasteiger partial charge in [0.15, 0.2) is 11.4 Å². The molecule has 0 saturated carbocycles. The summed E-state index contributed by atoms with van der Waals surface area (Å²) >= 11 is 0. The Morgan fingerprint density at radius 2 is 2.03 bits per heavy atom. The molecule has 3 aliphatic rings. The van der Waals surface area contributed by atoms with Crippen molar-refractivity contribution in [3.05, 3.63) is 62.6 Å². The van der Waals surface area contributed by atoms with Crippen LogP contribution in [0.5, 0.6) is 5.75 Å². The third-order valence-corrected chi connectivity index (χ3v) is 6.73. The maximum Gasteiger partial charge on any atom is 0.274 e. The molecule has 1 unspecified atom stereocenters. The van der Waals surface area contributed by atoms with Gasteiger partial charge in [0.2, 0.25) is 5.43 Å². The molecule has 5 rings (SSSR count). The lowest BCUT2D eigenvalue weighted by molar-refractivity contribution is 0.0549. The molecule has 0 aliphatic carbocycles. The molecule has 3 N–H and O–H groups in total. The highest BCUT2D eigenvalue weighted by Gasteiger charge is 2.53. The largest absolute Gasteiger partial charge is 0.503 e. The van der Waals surface area contributed by atoms with E-state index in [0.29, 0.717) is 25.6 Å². The summed E-state index contributed by atoms with van der Waals surface area (Å²) < 4.78 is 28.5. The third-order valence-electron chi connectivity index (χ3n) is 6.73. The quantitative estimate of drug-likeness (QED) is 0.664. The predicted octanol–water partition coefficient (Wildman–Crippen LogP) is 1.53. The molecule has 2 bridgehead atoms. The number of nitrogens with zero attached hydrogens (tertiary/aromatic N) is 2. The van der Waals surface area contributed by atoms with Crippen molar-refractivity contribution in [2.75, 3.05) is 13.1 Å². The Kier molecular flexibility index (Phi) is 4.59. The first-order valence-electron chi connectivity index (χ1n) is 10.5. The molecule has 2 atom stereocenters. The molecule has 1 saturated heterocycles. The average molecular weight is 445 g/mol. The Morgan fingerprint density at radius 1 is 1.25 bits per heavy atom. The Labute approximate surface area is 181 Å². The maximum atomic E-state index is 13.9. The molecule has 4 heterocycles. The van der Waals surface area contributed by atoms with Crippen LogP contribution in [0.2, 0.25) is 0 Å². The summed E-state index contributed by atoms with van der Waals surface area (Å²) in [6.07, 6.45) is 1.19. The highest BCUT2D eigenvalue weighted by molar-refractivity contribution is 6.00. The molecule has 1 aromatic heterocycles. The van der Waals surface area contributed by atoms with E-state index in [0.717, 1.165) is 18.9 Å². The Balaban J connectivity index is 1.60. The van der Waals surface area contributed by atoms with Gasteiger partial charge in [0.05, 0.1) is 17.3 Å². The van der Waals surface area contributed by atoms with Crippen LogP contribution < -0.4 is 10.7 Å². The zero-order valence-corrected chi connectivity index (χ0v) is 17.0. The number of hydrogen-bond acceptors (Lipinski definition) is 5. The molecular formula is C22H21F2N3O5. The van der Waals surface area contributed by atoms with Gasteiger partial charge in [-0.2, -0.15) is 0 Å². The van der Waals surface area contributed by atoms with Crippen molar-refractivity contribution in [1.82, 2.24) is 14.8 Å². The minimum Gasteiger partial charge on any atom is -0.503 e. The lowest BCUT2D eigenvalue weighted by Gasteiger charge is -2.41. The van der Waals surface area contributed by atoms with E-state index in [4.69, 9.17) is 0 Å². The molecule has 1 aromatic carbocycles. The van der Waals surface area contributed by atoms with Gasteiger partial charge in [-0.25, -0.2) is 8.78 Å². The van der Waals surface area contributed by atoms with Gasteiger partial charge in [-0.3, -0.25) is 14.4 Å². The van der Waals surface area contributed by atoms with Gasteiger partial charge in [0, 0.05) is 37.7 Å². The first-order valence-corrected chi connectivity index (χ1v) is 10.5. The van der Waals surface area contributed by atoms with E-state index in [2.05, 4.69) is 5.32 Å². The standard InChI is InChI=1S/C22H21F2N3O5/c23-12-4-3-11(13(24)7-12)9-25-20(31)15-16-14(28)8-22-5-1-2-6-26(10-22)21(32)17(27(16)22)19(30)18(15)29/h3-4,7,14,28,30H,1-2,5-6,8-10H2,(H,25,31)/t14?,22-/m1/s1. The summed E-state index contributed by atoms with van der Waals surface area (Å²) in [6, 6.07) is 2.89. The fourth-order valence-electron chi connectivity index (χ4n) is 5.32. The van der Waals surface area contributed by atoms with Crippen molar-refractivity contribution in [3.8, 4) is 5.75 Å². The summed E-state index contributed by atoms with van der Waals surface area (Å²) in [5, 5.41) is 23.9. The molecule has 1 spiro atoms. The van der Waals surface area contributed by atoms with Gasteiger partial charge in [-0.15, -0.1) is 0 Å². The number of aliphatic hydroxyl groups excluding tert-OH is 1. The molecule has 32 heavy (non-hydrogen) atoms. The van der Waals surface area contributed by atoms with E-state index in [9.17, 15) is 33.4 Å². The van der Waals surface area contributed by atoms with Gasteiger partial charge in [-0.1, -0.05) is 6.07 Å². The van der Waals surface area contributed by atoms with Crippen LogP contribution in [0.15, 0.2) is 23.0 Å². The van der Waals surface area contributed by atoms with Crippen molar-refractivity contribution >= 4 is 11.8 Å². The lowest BCUT2D eigenvalue weighted by Crippen LogP contribution is -2.52. The van der Waals surface area contributed by atoms with E-state index < -0.39 is 51.8 Å². The molecule has 2 aromatic rings.